The van der Waals surface area contributed by atoms with Gasteiger partial charge in [0.1, 0.15) is 0 Å². The molecule has 0 unspecified atom stereocenters. The Labute approximate surface area is 104 Å². The van der Waals surface area contributed by atoms with E-state index in [1.54, 1.807) is 0 Å². The van der Waals surface area contributed by atoms with Gasteiger partial charge in [0, 0.05) is 12.1 Å². The molecule has 0 atom stereocenters. The van der Waals surface area contributed by atoms with E-state index in [9.17, 15) is 4.79 Å². The molecule has 0 aromatic rings. The molecule has 0 bridgehead atoms. The number of rotatable bonds is 7. The van der Waals surface area contributed by atoms with Gasteiger partial charge < -0.3 is 15.5 Å². The van der Waals surface area contributed by atoms with Crippen LogP contribution in [0.15, 0.2) is 0 Å². The Bertz CT molecular complexity index is 270. The summed E-state index contributed by atoms with van der Waals surface area (Å²) in [7, 11) is 4.22. The summed E-state index contributed by atoms with van der Waals surface area (Å²) in [6.45, 7) is 2.27. The summed E-state index contributed by atoms with van der Waals surface area (Å²) in [5, 5.41) is 6.28. The molecule has 0 spiro atoms. The first-order chi connectivity index (χ1) is 8.12. The van der Waals surface area contributed by atoms with Crippen LogP contribution in [0.25, 0.3) is 0 Å². The van der Waals surface area contributed by atoms with Crippen molar-refractivity contribution in [1.29, 1.82) is 0 Å². The van der Waals surface area contributed by atoms with Crippen LogP contribution in [0.4, 0.5) is 0 Å². The molecular formula is C13H25N3O. The maximum Gasteiger partial charge on any atom is 0.234 e. The molecule has 0 radical (unpaired) electrons. The van der Waals surface area contributed by atoms with E-state index >= 15 is 0 Å². The molecule has 0 aromatic heterocycles. The second-order valence-electron chi connectivity index (χ2n) is 5.82. The van der Waals surface area contributed by atoms with Crippen LogP contribution in [-0.2, 0) is 4.79 Å². The van der Waals surface area contributed by atoms with Gasteiger partial charge in [-0.1, -0.05) is 0 Å². The number of amides is 1. The lowest BCUT2D eigenvalue weighted by molar-refractivity contribution is -0.121. The van der Waals surface area contributed by atoms with Gasteiger partial charge in [0.25, 0.3) is 0 Å². The van der Waals surface area contributed by atoms with E-state index in [0.29, 0.717) is 6.54 Å². The molecular weight excluding hydrogens is 214 g/mol. The lowest BCUT2D eigenvalue weighted by Gasteiger charge is -2.47. The van der Waals surface area contributed by atoms with Gasteiger partial charge in [-0.05, 0) is 58.7 Å². The summed E-state index contributed by atoms with van der Waals surface area (Å²) in [4.78, 5) is 13.9. The number of carbonyl (C=O) groups is 1. The Morgan fingerprint density at radius 3 is 2.53 bits per heavy atom. The first-order valence-electron chi connectivity index (χ1n) is 6.77. The molecule has 2 aliphatic rings. The highest BCUT2D eigenvalue weighted by molar-refractivity contribution is 5.78. The minimum absolute atomic E-state index is 0.138. The van der Waals surface area contributed by atoms with Crippen LogP contribution in [0.3, 0.4) is 0 Å². The third kappa shape index (κ3) is 3.42. The molecule has 0 heterocycles. The van der Waals surface area contributed by atoms with Gasteiger partial charge in [0.05, 0.1) is 6.54 Å². The summed E-state index contributed by atoms with van der Waals surface area (Å²) in [5.74, 6) is 0.973. The SMILES string of the molecule is CN(C)C1(CNC(=O)CNCC2CC2)CCC1. The topological polar surface area (TPSA) is 44.4 Å². The molecule has 1 amide bonds. The lowest BCUT2D eigenvalue weighted by atomic mass is 9.75. The van der Waals surface area contributed by atoms with Gasteiger partial charge in [-0.2, -0.15) is 0 Å². The van der Waals surface area contributed by atoms with E-state index in [4.69, 9.17) is 0 Å². The highest BCUT2D eigenvalue weighted by Crippen LogP contribution is 2.35. The normalized spacial score (nSPS) is 22.3. The molecule has 4 heteroatoms. The van der Waals surface area contributed by atoms with Crippen molar-refractivity contribution >= 4 is 5.91 Å². The van der Waals surface area contributed by atoms with E-state index in [2.05, 4.69) is 29.6 Å². The minimum atomic E-state index is 0.138. The summed E-state index contributed by atoms with van der Waals surface area (Å²) in [6.07, 6.45) is 6.36. The summed E-state index contributed by atoms with van der Waals surface area (Å²) in [6, 6.07) is 0. The summed E-state index contributed by atoms with van der Waals surface area (Å²) in [5.41, 5.74) is 0.228. The highest BCUT2D eigenvalue weighted by Gasteiger charge is 2.39. The van der Waals surface area contributed by atoms with E-state index in [-0.39, 0.29) is 11.4 Å². The number of hydrogen-bond donors (Lipinski definition) is 2. The minimum Gasteiger partial charge on any atom is -0.353 e. The fourth-order valence-corrected chi connectivity index (χ4v) is 2.40. The average Bonchev–Trinajstić information content (AvgIpc) is 2.99. The van der Waals surface area contributed by atoms with Crippen LogP contribution >= 0.6 is 0 Å². The van der Waals surface area contributed by atoms with Gasteiger partial charge in [-0.3, -0.25) is 4.79 Å². The Morgan fingerprint density at radius 2 is 2.06 bits per heavy atom. The van der Waals surface area contributed by atoms with Gasteiger partial charge in [0.15, 0.2) is 0 Å². The average molecular weight is 239 g/mol. The third-order valence-corrected chi connectivity index (χ3v) is 4.26. The van der Waals surface area contributed by atoms with Gasteiger partial charge in [0.2, 0.25) is 5.91 Å². The van der Waals surface area contributed by atoms with Crippen molar-refractivity contribution in [2.24, 2.45) is 5.92 Å². The zero-order chi connectivity index (χ0) is 12.3. The number of likely N-dealkylation sites (N-methyl/N-ethyl adjacent to an activating group) is 1. The summed E-state index contributed by atoms with van der Waals surface area (Å²) < 4.78 is 0. The van der Waals surface area contributed by atoms with Crippen LogP contribution < -0.4 is 10.6 Å². The molecule has 0 aliphatic heterocycles. The van der Waals surface area contributed by atoms with Crippen molar-refractivity contribution < 1.29 is 4.79 Å². The van der Waals surface area contributed by atoms with Crippen LogP contribution in [0.5, 0.6) is 0 Å². The Morgan fingerprint density at radius 1 is 1.35 bits per heavy atom. The largest absolute Gasteiger partial charge is 0.353 e. The molecule has 0 aromatic carbocycles. The smallest absolute Gasteiger partial charge is 0.234 e. The molecule has 2 fully saturated rings. The molecule has 2 N–H and O–H groups in total. The van der Waals surface area contributed by atoms with Crippen LogP contribution in [0.2, 0.25) is 0 Å². The van der Waals surface area contributed by atoms with Crippen LogP contribution in [0.1, 0.15) is 32.1 Å². The van der Waals surface area contributed by atoms with Crippen LogP contribution in [-0.4, -0.2) is 50.1 Å². The molecule has 2 aliphatic carbocycles. The van der Waals surface area contributed by atoms with Crippen molar-refractivity contribution in [1.82, 2.24) is 15.5 Å². The van der Waals surface area contributed by atoms with E-state index in [0.717, 1.165) is 19.0 Å². The van der Waals surface area contributed by atoms with E-state index in [1.165, 1.54) is 32.1 Å². The van der Waals surface area contributed by atoms with Crippen molar-refractivity contribution in [2.75, 3.05) is 33.7 Å². The quantitative estimate of drug-likeness (QED) is 0.683. The molecule has 2 saturated carbocycles. The predicted molar refractivity (Wildman–Crippen MR) is 68.9 cm³/mol. The maximum absolute atomic E-state index is 11.7. The predicted octanol–water partition coefficient (Wildman–Crippen LogP) is 0.586. The van der Waals surface area contributed by atoms with Crippen LogP contribution in [0, 0.1) is 5.92 Å². The van der Waals surface area contributed by atoms with Crippen molar-refractivity contribution in [3.63, 3.8) is 0 Å². The van der Waals surface area contributed by atoms with Crippen molar-refractivity contribution in [2.45, 2.75) is 37.6 Å². The zero-order valence-electron chi connectivity index (χ0n) is 11.1. The number of carbonyl (C=O) groups excluding carboxylic acids is 1. The highest BCUT2D eigenvalue weighted by atomic mass is 16.1. The summed E-state index contributed by atoms with van der Waals surface area (Å²) >= 11 is 0. The monoisotopic (exact) mass is 239 g/mol. The van der Waals surface area contributed by atoms with Gasteiger partial charge in [-0.25, -0.2) is 0 Å². The second kappa shape index (κ2) is 5.36. The Kier molecular flexibility index (Phi) is 4.05. The molecule has 17 heavy (non-hydrogen) atoms. The first-order valence-corrected chi connectivity index (χ1v) is 6.77. The Hall–Kier alpha value is -0.610. The molecule has 0 saturated heterocycles. The number of nitrogens with zero attached hydrogens (tertiary/aromatic N) is 1. The second-order valence-corrected chi connectivity index (χ2v) is 5.82. The molecule has 4 nitrogen and oxygen atoms in total. The van der Waals surface area contributed by atoms with E-state index < -0.39 is 0 Å². The zero-order valence-corrected chi connectivity index (χ0v) is 11.1. The van der Waals surface area contributed by atoms with Gasteiger partial charge in [-0.15, -0.1) is 0 Å². The van der Waals surface area contributed by atoms with Gasteiger partial charge >= 0.3 is 0 Å². The number of hydrogen-bond acceptors (Lipinski definition) is 3. The van der Waals surface area contributed by atoms with Crippen molar-refractivity contribution in [3.05, 3.63) is 0 Å². The van der Waals surface area contributed by atoms with Crippen molar-refractivity contribution in [3.8, 4) is 0 Å². The van der Waals surface area contributed by atoms with E-state index in [1.807, 2.05) is 0 Å². The molecule has 2 rings (SSSR count). The fourth-order valence-electron chi connectivity index (χ4n) is 2.40. The number of nitrogens with one attached hydrogen (secondary N) is 2. The Balaban J connectivity index is 1.60. The standard InChI is InChI=1S/C13H25N3O/c1-16(2)13(6-3-7-13)10-15-12(17)9-14-8-11-4-5-11/h11,14H,3-10H2,1-2H3,(H,15,17). The third-order valence-electron chi connectivity index (χ3n) is 4.26. The maximum atomic E-state index is 11.7. The fraction of sp³-hybridized carbons (Fsp3) is 0.923. The first kappa shape index (κ1) is 12.8. The lowest BCUT2D eigenvalue weighted by Crippen LogP contribution is -2.57. The molecule has 98 valence electrons.